The first-order chi connectivity index (χ1) is 11.0. The maximum absolute atomic E-state index is 12.2. The second kappa shape index (κ2) is 6.46. The number of anilines is 1. The van der Waals surface area contributed by atoms with Gasteiger partial charge in [0.2, 0.25) is 10.0 Å². The van der Waals surface area contributed by atoms with E-state index in [1.165, 1.54) is 0 Å². The summed E-state index contributed by atoms with van der Waals surface area (Å²) in [6.07, 6.45) is 6.86. The molecule has 1 aliphatic heterocycles. The molecule has 7 heteroatoms. The summed E-state index contributed by atoms with van der Waals surface area (Å²) in [6, 6.07) is 3.94. The highest BCUT2D eigenvalue weighted by Crippen LogP contribution is 2.32. The topological polar surface area (TPSA) is 77.3 Å². The highest BCUT2D eigenvalue weighted by molar-refractivity contribution is 7.90. The predicted molar refractivity (Wildman–Crippen MR) is 88.5 cm³/mol. The number of piperidine rings is 1. The smallest absolute Gasteiger partial charge is 0.216 e. The molecule has 1 aliphatic carbocycles. The van der Waals surface area contributed by atoms with Crippen LogP contribution in [0.1, 0.15) is 31.2 Å². The van der Waals surface area contributed by atoms with Gasteiger partial charge in [0.05, 0.1) is 22.7 Å². The summed E-state index contributed by atoms with van der Waals surface area (Å²) in [6.45, 7) is 2.27. The molecule has 1 saturated carbocycles. The number of nitriles is 1. The molecule has 1 saturated heterocycles. The molecule has 0 radical (unpaired) electrons. The van der Waals surface area contributed by atoms with Crippen molar-refractivity contribution in [3.63, 3.8) is 0 Å². The van der Waals surface area contributed by atoms with Crippen molar-refractivity contribution >= 4 is 15.7 Å². The van der Waals surface area contributed by atoms with Crippen molar-refractivity contribution in [1.29, 1.82) is 5.26 Å². The molecule has 0 unspecified atom stereocenters. The lowest BCUT2D eigenvalue weighted by atomic mass is 9.96. The minimum absolute atomic E-state index is 0.138. The first-order valence-corrected chi connectivity index (χ1v) is 9.57. The van der Waals surface area contributed by atoms with Crippen molar-refractivity contribution in [2.75, 3.05) is 31.6 Å². The Hall–Kier alpha value is -1.65. The van der Waals surface area contributed by atoms with E-state index in [0.717, 1.165) is 44.5 Å². The van der Waals surface area contributed by atoms with Crippen LogP contribution in [0, 0.1) is 17.2 Å². The van der Waals surface area contributed by atoms with Crippen molar-refractivity contribution in [2.24, 2.45) is 5.92 Å². The van der Waals surface area contributed by atoms with Gasteiger partial charge in [-0.1, -0.05) is 0 Å². The second-order valence-corrected chi connectivity index (χ2v) is 8.78. The zero-order valence-corrected chi connectivity index (χ0v) is 14.2. The van der Waals surface area contributed by atoms with E-state index in [2.05, 4.69) is 16.0 Å². The fourth-order valence-corrected chi connectivity index (χ4v) is 4.84. The molecule has 1 aromatic rings. The molecule has 3 rings (SSSR count). The fraction of sp³-hybridized carbons (Fsp3) is 0.625. The van der Waals surface area contributed by atoms with Crippen LogP contribution in [0.4, 0.5) is 5.69 Å². The van der Waals surface area contributed by atoms with Crippen LogP contribution in [0.5, 0.6) is 0 Å². The van der Waals surface area contributed by atoms with Crippen molar-refractivity contribution in [2.45, 2.75) is 30.9 Å². The van der Waals surface area contributed by atoms with Gasteiger partial charge >= 0.3 is 0 Å². The van der Waals surface area contributed by atoms with Crippen LogP contribution in [-0.2, 0) is 10.0 Å². The largest absolute Gasteiger partial charge is 0.369 e. The van der Waals surface area contributed by atoms with Crippen LogP contribution in [0.3, 0.4) is 0 Å². The summed E-state index contributed by atoms with van der Waals surface area (Å²) in [4.78, 5) is 6.29. The molecule has 6 nitrogen and oxygen atoms in total. The van der Waals surface area contributed by atoms with E-state index in [1.807, 2.05) is 0 Å². The molecule has 0 bridgehead atoms. The molecule has 0 N–H and O–H groups in total. The van der Waals surface area contributed by atoms with Gasteiger partial charge in [0.1, 0.15) is 6.07 Å². The third kappa shape index (κ3) is 3.48. The molecular weight excluding hydrogens is 312 g/mol. The lowest BCUT2D eigenvalue weighted by Gasteiger charge is -2.35. The fourth-order valence-electron chi connectivity index (χ4n) is 3.18. The van der Waals surface area contributed by atoms with Gasteiger partial charge in [0.15, 0.2) is 0 Å². The molecule has 0 spiro atoms. The first-order valence-electron chi connectivity index (χ1n) is 8.06. The highest BCUT2D eigenvalue weighted by atomic mass is 32.2. The Morgan fingerprint density at radius 3 is 2.65 bits per heavy atom. The van der Waals surface area contributed by atoms with Crippen LogP contribution in [0.2, 0.25) is 0 Å². The maximum atomic E-state index is 12.2. The van der Waals surface area contributed by atoms with Crippen molar-refractivity contribution in [3.05, 3.63) is 24.0 Å². The van der Waals surface area contributed by atoms with Crippen LogP contribution < -0.4 is 4.90 Å². The molecule has 0 amide bonds. The molecule has 124 valence electrons. The summed E-state index contributed by atoms with van der Waals surface area (Å²) in [5, 5.41) is 9.05. The Kier molecular flexibility index (Phi) is 4.55. The van der Waals surface area contributed by atoms with Gasteiger partial charge in [0, 0.05) is 32.9 Å². The standard InChI is InChI=1S/C16H22N4O2S/c1-19(23(21,22)15-2-3-15)12-13-5-8-20(9-6-13)16-11-18-7-4-14(16)10-17/h4,7,11,13,15H,2-3,5-6,8-9,12H2,1H3. The van der Waals surface area contributed by atoms with Crippen molar-refractivity contribution in [1.82, 2.24) is 9.29 Å². The summed E-state index contributed by atoms with van der Waals surface area (Å²) in [5.41, 5.74) is 1.53. The lowest BCUT2D eigenvalue weighted by molar-refractivity contribution is 0.327. The second-order valence-electron chi connectivity index (χ2n) is 6.46. The quantitative estimate of drug-likeness (QED) is 0.817. The van der Waals surface area contributed by atoms with Crippen LogP contribution >= 0.6 is 0 Å². The molecular formula is C16H22N4O2S. The Morgan fingerprint density at radius 1 is 1.35 bits per heavy atom. The summed E-state index contributed by atoms with van der Waals surface area (Å²) in [5.74, 6) is 0.381. The Balaban J connectivity index is 1.57. The van der Waals surface area contributed by atoms with Gasteiger partial charge in [-0.25, -0.2) is 12.7 Å². The Labute approximate surface area is 137 Å². The summed E-state index contributed by atoms with van der Waals surface area (Å²) >= 11 is 0. The monoisotopic (exact) mass is 334 g/mol. The number of aromatic nitrogens is 1. The molecule has 2 fully saturated rings. The van der Waals surface area contributed by atoms with Crippen LogP contribution in [0.25, 0.3) is 0 Å². The molecule has 2 aliphatic rings. The number of nitrogens with zero attached hydrogens (tertiary/aromatic N) is 4. The number of pyridine rings is 1. The highest BCUT2D eigenvalue weighted by Gasteiger charge is 2.39. The van der Waals surface area contributed by atoms with Gasteiger partial charge in [-0.15, -0.1) is 0 Å². The Bertz CT molecular complexity index is 701. The SMILES string of the molecule is CN(CC1CCN(c2cnccc2C#N)CC1)S(=O)(=O)C1CC1. The predicted octanol–water partition coefficient (Wildman–Crippen LogP) is 1.59. The minimum atomic E-state index is -3.07. The van der Waals surface area contributed by atoms with Crippen LogP contribution in [0.15, 0.2) is 18.5 Å². The molecule has 0 aromatic carbocycles. The van der Waals surface area contributed by atoms with E-state index in [9.17, 15) is 13.7 Å². The average Bonchev–Trinajstić information content (AvgIpc) is 3.41. The van der Waals surface area contributed by atoms with Crippen molar-refractivity contribution in [3.8, 4) is 6.07 Å². The van der Waals surface area contributed by atoms with E-state index in [-0.39, 0.29) is 5.25 Å². The van der Waals surface area contributed by atoms with Gasteiger partial charge in [-0.2, -0.15) is 5.26 Å². The van der Waals surface area contributed by atoms with Crippen LogP contribution in [-0.4, -0.2) is 49.6 Å². The van der Waals surface area contributed by atoms with E-state index >= 15 is 0 Å². The van der Waals surface area contributed by atoms with E-state index in [0.29, 0.717) is 18.0 Å². The van der Waals surface area contributed by atoms with Gasteiger partial charge in [-0.05, 0) is 37.7 Å². The van der Waals surface area contributed by atoms with E-state index in [1.54, 1.807) is 29.8 Å². The van der Waals surface area contributed by atoms with Gasteiger partial charge in [0.25, 0.3) is 0 Å². The van der Waals surface area contributed by atoms with E-state index in [4.69, 9.17) is 0 Å². The molecule has 23 heavy (non-hydrogen) atoms. The van der Waals surface area contributed by atoms with Crippen molar-refractivity contribution < 1.29 is 8.42 Å². The number of hydrogen-bond donors (Lipinski definition) is 0. The number of rotatable bonds is 5. The third-order valence-corrected chi connectivity index (χ3v) is 7.10. The normalized spacial score (nSPS) is 19.8. The van der Waals surface area contributed by atoms with Gasteiger partial charge < -0.3 is 4.90 Å². The average molecular weight is 334 g/mol. The minimum Gasteiger partial charge on any atom is -0.369 e. The van der Waals surface area contributed by atoms with Gasteiger partial charge in [-0.3, -0.25) is 4.98 Å². The maximum Gasteiger partial charge on any atom is 0.216 e. The molecule has 2 heterocycles. The molecule has 1 aromatic heterocycles. The molecule has 0 atom stereocenters. The Morgan fingerprint density at radius 2 is 2.04 bits per heavy atom. The van der Waals surface area contributed by atoms with E-state index < -0.39 is 10.0 Å². The lowest BCUT2D eigenvalue weighted by Crippen LogP contribution is -2.40. The zero-order chi connectivity index (χ0) is 16.4. The number of sulfonamides is 1. The summed E-state index contributed by atoms with van der Waals surface area (Å²) in [7, 11) is -1.37. The zero-order valence-electron chi connectivity index (χ0n) is 13.4. The third-order valence-electron chi connectivity index (χ3n) is 4.77. The number of hydrogen-bond acceptors (Lipinski definition) is 5. The summed E-state index contributed by atoms with van der Waals surface area (Å²) < 4.78 is 26.0. The first kappa shape index (κ1) is 16.2.